The molecule has 0 aliphatic carbocycles. The summed E-state index contributed by atoms with van der Waals surface area (Å²) in [7, 11) is 0. The Morgan fingerprint density at radius 2 is 1.85 bits per heavy atom. The smallest absolute Gasteiger partial charge is 0.230 e. The third-order valence-corrected chi connectivity index (χ3v) is 4.27. The number of nitrogens with zero attached hydrogens (tertiary/aromatic N) is 3. The minimum Gasteiger partial charge on any atom is -0.464 e. The second kappa shape index (κ2) is 6.55. The SMILES string of the molecule is Cc1ncnc(C)c1-c1ccc(Oc2nccc3occc23)cc1CF. The van der Waals surface area contributed by atoms with E-state index in [0.717, 1.165) is 27.9 Å². The number of ether oxygens (including phenoxy) is 1. The van der Waals surface area contributed by atoms with E-state index in [4.69, 9.17) is 9.15 Å². The maximum absolute atomic E-state index is 13.7. The van der Waals surface area contributed by atoms with Crippen molar-refractivity contribution in [1.29, 1.82) is 0 Å². The molecule has 0 bridgehead atoms. The Bertz CT molecular complexity index is 1070. The molecule has 0 saturated heterocycles. The zero-order valence-corrected chi connectivity index (χ0v) is 14.4. The van der Waals surface area contributed by atoms with Crippen LogP contribution in [0.25, 0.3) is 22.1 Å². The van der Waals surface area contributed by atoms with Gasteiger partial charge in [0.25, 0.3) is 0 Å². The van der Waals surface area contributed by atoms with E-state index in [0.29, 0.717) is 22.8 Å². The lowest BCUT2D eigenvalue weighted by molar-refractivity contribution is 0.460. The van der Waals surface area contributed by atoms with Crippen LogP contribution in [0.15, 0.2) is 53.5 Å². The lowest BCUT2D eigenvalue weighted by atomic mass is 9.97. The van der Waals surface area contributed by atoms with Crippen molar-refractivity contribution < 1.29 is 13.5 Å². The summed E-state index contributed by atoms with van der Waals surface area (Å²) in [6.07, 6.45) is 4.70. The Hall–Kier alpha value is -3.28. The average molecular weight is 349 g/mol. The highest BCUT2D eigenvalue weighted by molar-refractivity contribution is 5.82. The van der Waals surface area contributed by atoms with E-state index >= 15 is 0 Å². The van der Waals surface area contributed by atoms with Crippen LogP contribution in [0.5, 0.6) is 11.6 Å². The monoisotopic (exact) mass is 349 g/mol. The van der Waals surface area contributed by atoms with Crippen molar-refractivity contribution in [3.63, 3.8) is 0 Å². The van der Waals surface area contributed by atoms with Crippen molar-refractivity contribution in [3.05, 3.63) is 66.1 Å². The van der Waals surface area contributed by atoms with Gasteiger partial charge in [-0.25, -0.2) is 19.3 Å². The number of fused-ring (bicyclic) bond motifs is 1. The maximum Gasteiger partial charge on any atom is 0.230 e. The first-order valence-corrected chi connectivity index (χ1v) is 8.15. The number of aromatic nitrogens is 3. The van der Waals surface area contributed by atoms with Crippen molar-refractivity contribution in [2.45, 2.75) is 20.5 Å². The number of aryl methyl sites for hydroxylation is 2. The van der Waals surface area contributed by atoms with Gasteiger partial charge in [-0.3, -0.25) is 0 Å². The topological polar surface area (TPSA) is 61.0 Å². The van der Waals surface area contributed by atoms with Crippen LogP contribution in [0.1, 0.15) is 17.0 Å². The molecule has 0 aliphatic rings. The van der Waals surface area contributed by atoms with Crippen LogP contribution in [0.3, 0.4) is 0 Å². The van der Waals surface area contributed by atoms with Crippen molar-refractivity contribution >= 4 is 11.0 Å². The molecule has 5 nitrogen and oxygen atoms in total. The molecule has 0 saturated carbocycles. The fourth-order valence-electron chi connectivity index (χ4n) is 3.03. The summed E-state index contributed by atoms with van der Waals surface area (Å²) in [4.78, 5) is 12.7. The summed E-state index contributed by atoms with van der Waals surface area (Å²) >= 11 is 0. The van der Waals surface area contributed by atoms with Gasteiger partial charge in [0.15, 0.2) is 0 Å². The summed E-state index contributed by atoms with van der Waals surface area (Å²) < 4.78 is 25.0. The molecule has 0 fully saturated rings. The normalized spacial score (nSPS) is 11.0. The third-order valence-electron chi connectivity index (χ3n) is 4.27. The van der Waals surface area contributed by atoms with Gasteiger partial charge in [-0.05, 0) is 49.2 Å². The van der Waals surface area contributed by atoms with Crippen LogP contribution in [0.2, 0.25) is 0 Å². The lowest BCUT2D eigenvalue weighted by Crippen LogP contribution is -1.98. The Morgan fingerprint density at radius 3 is 2.62 bits per heavy atom. The second-order valence-electron chi connectivity index (χ2n) is 5.92. The van der Waals surface area contributed by atoms with E-state index < -0.39 is 6.67 Å². The van der Waals surface area contributed by atoms with Crippen LogP contribution in [0.4, 0.5) is 4.39 Å². The molecule has 0 radical (unpaired) electrons. The van der Waals surface area contributed by atoms with E-state index in [1.165, 1.54) is 6.33 Å². The maximum atomic E-state index is 13.7. The molecule has 1 aromatic carbocycles. The first-order valence-electron chi connectivity index (χ1n) is 8.15. The van der Waals surface area contributed by atoms with Gasteiger partial charge in [0.1, 0.15) is 24.3 Å². The number of alkyl halides is 1. The fourth-order valence-corrected chi connectivity index (χ4v) is 3.03. The van der Waals surface area contributed by atoms with Gasteiger partial charge in [0.2, 0.25) is 5.88 Å². The lowest BCUT2D eigenvalue weighted by Gasteiger charge is -2.13. The van der Waals surface area contributed by atoms with Gasteiger partial charge in [-0.1, -0.05) is 6.07 Å². The van der Waals surface area contributed by atoms with E-state index in [1.54, 1.807) is 36.7 Å². The minimum absolute atomic E-state index is 0.421. The fraction of sp³-hybridized carbons (Fsp3) is 0.150. The number of hydrogen-bond donors (Lipinski definition) is 0. The van der Waals surface area contributed by atoms with Crippen LogP contribution in [0, 0.1) is 13.8 Å². The van der Waals surface area contributed by atoms with Gasteiger partial charge >= 0.3 is 0 Å². The molecule has 4 aromatic rings. The molecular weight excluding hydrogens is 333 g/mol. The molecule has 0 amide bonds. The van der Waals surface area contributed by atoms with Crippen molar-refractivity contribution in [2.75, 3.05) is 0 Å². The molecule has 26 heavy (non-hydrogen) atoms. The first kappa shape index (κ1) is 16.2. The Labute approximate surface area is 149 Å². The number of hydrogen-bond acceptors (Lipinski definition) is 5. The van der Waals surface area contributed by atoms with Crippen LogP contribution >= 0.6 is 0 Å². The zero-order valence-electron chi connectivity index (χ0n) is 14.4. The molecule has 0 spiro atoms. The number of benzene rings is 1. The highest BCUT2D eigenvalue weighted by Crippen LogP contribution is 2.34. The first-order chi connectivity index (χ1) is 12.7. The highest BCUT2D eigenvalue weighted by Gasteiger charge is 2.14. The standard InChI is InChI=1S/C20H16FN3O2/c1-12-19(13(2)24-11-23-12)16-4-3-15(9-14(16)10-21)26-20-17-6-8-25-18(17)5-7-22-20/h3-9,11H,10H2,1-2H3. The van der Waals surface area contributed by atoms with Gasteiger partial charge < -0.3 is 9.15 Å². The molecule has 3 aromatic heterocycles. The molecule has 6 heteroatoms. The Balaban J connectivity index is 1.75. The minimum atomic E-state index is -0.621. The number of rotatable bonds is 4. The summed E-state index contributed by atoms with van der Waals surface area (Å²) in [5.74, 6) is 0.930. The predicted molar refractivity (Wildman–Crippen MR) is 95.8 cm³/mol. The van der Waals surface area contributed by atoms with Crippen molar-refractivity contribution in [1.82, 2.24) is 15.0 Å². The van der Waals surface area contributed by atoms with E-state index in [-0.39, 0.29) is 0 Å². The third kappa shape index (κ3) is 2.79. The zero-order chi connectivity index (χ0) is 18.1. The molecular formula is C20H16FN3O2. The van der Waals surface area contributed by atoms with E-state index in [9.17, 15) is 4.39 Å². The van der Waals surface area contributed by atoms with Gasteiger partial charge in [-0.2, -0.15) is 0 Å². The molecule has 130 valence electrons. The van der Waals surface area contributed by atoms with Crippen molar-refractivity contribution in [3.8, 4) is 22.8 Å². The summed E-state index contributed by atoms with van der Waals surface area (Å²) in [6, 6.07) is 8.86. The van der Waals surface area contributed by atoms with Gasteiger partial charge in [0, 0.05) is 23.1 Å². The summed E-state index contributed by atoms with van der Waals surface area (Å²) in [6.45, 7) is 3.16. The average Bonchev–Trinajstić information content (AvgIpc) is 3.12. The molecule has 3 heterocycles. The van der Waals surface area contributed by atoms with Gasteiger partial charge in [0.05, 0.1) is 11.6 Å². The van der Waals surface area contributed by atoms with Crippen LogP contribution in [-0.4, -0.2) is 15.0 Å². The second-order valence-corrected chi connectivity index (χ2v) is 5.92. The highest BCUT2D eigenvalue weighted by atomic mass is 19.1. The summed E-state index contributed by atoms with van der Waals surface area (Å²) in [5.41, 5.74) is 4.44. The van der Waals surface area contributed by atoms with Crippen LogP contribution < -0.4 is 4.74 Å². The van der Waals surface area contributed by atoms with Crippen molar-refractivity contribution in [2.24, 2.45) is 0 Å². The number of halogens is 1. The molecule has 4 rings (SSSR count). The van der Waals surface area contributed by atoms with E-state index in [2.05, 4.69) is 15.0 Å². The quantitative estimate of drug-likeness (QED) is 0.509. The predicted octanol–water partition coefficient (Wildman–Crippen LogP) is 5.16. The Kier molecular flexibility index (Phi) is 4.08. The van der Waals surface area contributed by atoms with Gasteiger partial charge in [-0.15, -0.1) is 0 Å². The molecule has 0 aliphatic heterocycles. The van der Waals surface area contributed by atoms with Crippen LogP contribution in [-0.2, 0) is 6.67 Å². The molecule has 0 N–H and O–H groups in total. The Morgan fingerprint density at radius 1 is 1.04 bits per heavy atom. The number of pyridine rings is 1. The molecule has 0 unspecified atom stereocenters. The summed E-state index contributed by atoms with van der Waals surface area (Å²) in [5, 5.41) is 0.765. The largest absolute Gasteiger partial charge is 0.464 e. The molecule has 0 atom stereocenters. The van der Waals surface area contributed by atoms with E-state index in [1.807, 2.05) is 19.9 Å². The number of furan rings is 1.